The van der Waals surface area contributed by atoms with Crippen LogP contribution in [0.3, 0.4) is 0 Å². The van der Waals surface area contributed by atoms with E-state index in [1.165, 1.54) is 11.1 Å². The number of rotatable bonds is 2. The predicted molar refractivity (Wildman–Crippen MR) is 50.3 cm³/mol. The van der Waals surface area contributed by atoms with Crippen LogP contribution in [0.4, 0.5) is 0 Å². The Morgan fingerprint density at radius 1 is 1.18 bits per heavy atom. The topological polar surface area (TPSA) is 0 Å². The summed E-state index contributed by atoms with van der Waals surface area (Å²) in [4.78, 5) is 0. The van der Waals surface area contributed by atoms with Gasteiger partial charge in [0, 0.05) is 11.8 Å². The quantitative estimate of drug-likeness (QED) is 0.625. The first-order chi connectivity index (χ1) is 5.27. The van der Waals surface area contributed by atoms with Crippen molar-refractivity contribution in [3.63, 3.8) is 0 Å². The van der Waals surface area contributed by atoms with E-state index in [9.17, 15) is 0 Å². The van der Waals surface area contributed by atoms with Gasteiger partial charge >= 0.3 is 0 Å². The van der Waals surface area contributed by atoms with Gasteiger partial charge in [-0.15, -0.1) is 23.2 Å². The molecule has 0 fully saturated rings. The summed E-state index contributed by atoms with van der Waals surface area (Å²) in [6.07, 6.45) is 0. The van der Waals surface area contributed by atoms with Crippen LogP contribution >= 0.6 is 23.2 Å². The first kappa shape index (κ1) is 8.89. The SMILES string of the molecule is Cc1cc(CCl)ccc1CCl. The Hall–Kier alpha value is -0.200. The van der Waals surface area contributed by atoms with Gasteiger partial charge in [0.05, 0.1) is 0 Å². The molecule has 60 valence electrons. The molecule has 1 aromatic carbocycles. The normalized spacial score (nSPS) is 10.1. The third-order valence-electron chi connectivity index (χ3n) is 1.71. The Kier molecular flexibility index (Phi) is 3.22. The van der Waals surface area contributed by atoms with Crippen molar-refractivity contribution in [2.75, 3.05) is 0 Å². The zero-order valence-corrected chi connectivity index (χ0v) is 7.91. The minimum atomic E-state index is 0.573. The molecular weight excluding hydrogens is 179 g/mol. The highest BCUT2D eigenvalue weighted by atomic mass is 35.5. The summed E-state index contributed by atoms with van der Waals surface area (Å²) in [7, 11) is 0. The molecule has 0 aliphatic rings. The monoisotopic (exact) mass is 188 g/mol. The summed E-state index contributed by atoms with van der Waals surface area (Å²) in [6, 6.07) is 6.11. The first-order valence-corrected chi connectivity index (χ1v) is 4.55. The number of alkyl halides is 2. The molecule has 0 saturated heterocycles. The van der Waals surface area contributed by atoms with Crippen molar-refractivity contribution < 1.29 is 0 Å². The van der Waals surface area contributed by atoms with Crippen LogP contribution in [-0.4, -0.2) is 0 Å². The minimum absolute atomic E-state index is 0.573. The number of aryl methyl sites for hydroxylation is 1. The summed E-state index contributed by atoms with van der Waals surface area (Å²) in [6.45, 7) is 2.05. The lowest BCUT2D eigenvalue weighted by molar-refractivity contribution is 1.26. The largest absolute Gasteiger partial charge is 0.122 e. The lowest BCUT2D eigenvalue weighted by Gasteiger charge is -2.02. The lowest BCUT2D eigenvalue weighted by Crippen LogP contribution is -1.86. The summed E-state index contributed by atoms with van der Waals surface area (Å²) < 4.78 is 0. The molecule has 0 aliphatic carbocycles. The Morgan fingerprint density at radius 3 is 2.36 bits per heavy atom. The molecule has 1 rings (SSSR count). The van der Waals surface area contributed by atoms with Gasteiger partial charge in [-0.2, -0.15) is 0 Å². The van der Waals surface area contributed by atoms with Crippen LogP contribution < -0.4 is 0 Å². The van der Waals surface area contributed by atoms with Crippen molar-refractivity contribution in [1.82, 2.24) is 0 Å². The third-order valence-corrected chi connectivity index (χ3v) is 2.30. The summed E-state index contributed by atoms with van der Waals surface area (Å²) >= 11 is 11.4. The van der Waals surface area contributed by atoms with Crippen molar-refractivity contribution in [3.05, 3.63) is 34.9 Å². The van der Waals surface area contributed by atoms with E-state index in [-0.39, 0.29) is 0 Å². The molecule has 0 atom stereocenters. The number of hydrogen-bond acceptors (Lipinski definition) is 0. The molecule has 0 aliphatic heterocycles. The number of benzene rings is 1. The van der Waals surface area contributed by atoms with E-state index >= 15 is 0 Å². The van der Waals surface area contributed by atoms with Crippen molar-refractivity contribution in [3.8, 4) is 0 Å². The van der Waals surface area contributed by atoms with E-state index in [0.717, 1.165) is 5.56 Å². The van der Waals surface area contributed by atoms with Gasteiger partial charge in [0.15, 0.2) is 0 Å². The van der Waals surface area contributed by atoms with Crippen molar-refractivity contribution in [2.45, 2.75) is 18.7 Å². The molecule has 2 heteroatoms. The highest BCUT2D eigenvalue weighted by Crippen LogP contribution is 2.14. The Labute approximate surface area is 77.1 Å². The fourth-order valence-electron chi connectivity index (χ4n) is 0.991. The average Bonchev–Trinajstić information content (AvgIpc) is 2.04. The van der Waals surface area contributed by atoms with E-state index in [2.05, 4.69) is 6.07 Å². The fourth-order valence-corrected chi connectivity index (χ4v) is 1.46. The van der Waals surface area contributed by atoms with E-state index in [1.54, 1.807) is 0 Å². The van der Waals surface area contributed by atoms with Crippen LogP contribution in [0.1, 0.15) is 16.7 Å². The second-order valence-corrected chi connectivity index (χ2v) is 3.06. The van der Waals surface area contributed by atoms with Crippen LogP contribution in [0.2, 0.25) is 0 Å². The standard InChI is InChI=1S/C9H10Cl2/c1-7-4-8(5-10)2-3-9(7)6-11/h2-4H,5-6H2,1H3. The van der Waals surface area contributed by atoms with E-state index in [4.69, 9.17) is 23.2 Å². The summed E-state index contributed by atoms with van der Waals surface area (Å²) in [5.41, 5.74) is 3.55. The fraction of sp³-hybridized carbons (Fsp3) is 0.333. The molecule has 0 aromatic heterocycles. The highest BCUT2D eigenvalue weighted by molar-refractivity contribution is 6.17. The molecule has 0 bridgehead atoms. The maximum Gasteiger partial charge on any atom is 0.0476 e. The van der Waals surface area contributed by atoms with Crippen molar-refractivity contribution in [1.29, 1.82) is 0 Å². The maximum atomic E-state index is 5.69. The van der Waals surface area contributed by atoms with Gasteiger partial charge in [-0.25, -0.2) is 0 Å². The van der Waals surface area contributed by atoms with Crippen molar-refractivity contribution >= 4 is 23.2 Å². The van der Waals surface area contributed by atoms with E-state index in [0.29, 0.717) is 11.8 Å². The maximum absolute atomic E-state index is 5.69. The molecule has 0 unspecified atom stereocenters. The zero-order valence-electron chi connectivity index (χ0n) is 6.40. The number of hydrogen-bond donors (Lipinski definition) is 0. The second kappa shape index (κ2) is 3.99. The third kappa shape index (κ3) is 2.11. The molecule has 0 nitrogen and oxygen atoms in total. The number of halogens is 2. The first-order valence-electron chi connectivity index (χ1n) is 3.48. The molecule has 0 spiro atoms. The minimum Gasteiger partial charge on any atom is -0.122 e. The Morgan fingerprint density at radius 2 is 1.91 bits per heavy atom. The van der Waals surface area contributed by atoms with Gasteiger partial charge in [-0.1, -0.05) is 18.2 Å². The average molecular weight is 189 g/mol. The van der Waals surface area contributed by atoms with Crippen LogP contribution in [-0.2, 0) is 11.8 Å². The Balaban J connectivity index is 2.99. The van der Waals surface area contributed by atoms with Crippen LogP contribution in [0.15, 0.2) is 18.2 Å². The van der Waals surface area contributed by atoms with Crippen molar-refractivity contribution in [2.24, 2.45) is 0 Å². The zero-order chi connectivity index (χ0) is 8.27. The van der Waals surface area contributed by atoms with Gasteiger partial charge < -0.3 is 0 Å². The van der Waals surface area contributed by atoms with Gasteiger partial charge in [0.2, 0.25) is 0 Å². The molecular formula is C9H10Cl2. The van der Waals surface area contributed by atoms with Gasteiger partial charge in [-0.05, 0) is 23.6 Å². The molecule has 11 heavy (non-hydrogen) atoms. The molecule has 0 radical (unpaired) electrons. The van der Waals surface area contributed by atoms with E-state index < -0.39 is 0 Å². The second-order valence-electron chi connectivity index (χ2n) is 2.53. The van der Waals surface area contributed by atoms with E-state index in [1.807, 2.05) is 19.1 Å². The highest BCUT2D eigenvalue weighted by Gasteiger charge is 1.96. The van der Waals surface area contributed by atoms with Crippen LogP contribution in [0.25, 0.3) is 0 Å². The van der Waals surface area contributed by atoms with Gasteiger partial charge in [-0.3, -0.25) is 0 Å². The van der Waals surface area contributed by atoms with Crippen LogP contribution in [0.5, 0.6) is 0 Å². The van der Waals surface area contributed by atoms with Gasteiger partial charge in [0.25, 0.3) is 0 Å². The molecule has 1 aromatic rings. The molecule has 0 saturated carbocycles. The molecule has 0 N–H and O–H groups in total. The van der Waals surface area contributed by atoms with Crippen LogP contribution in [0, 0.1) is 6.92 Å². The molecule has 0 amide bonds. The van der Waals surface area contributed by atoms with Gasteiger partial charge in [0.1, 0.15) is 0 Å². The summed E-state index contributed by atoms with van der Waals surface area (Å²) in [5.74, 6) is 1.15. The summed E-state index contributed by atoms with van der Waals surface area (Å²) in [5, 5.41) is 0. The molecule has 0 heterocycles. The lowest BCUT2D eigenvalue weighted by atomic mass is 10.1. The smallest absolute Gasteiger partial charge is 0.0476 e. The Bertz CT molecular complexity index is 243. The predicted octanol–water partition coefficient (Wildman–Crippen LogP) is 3.47.